The summed E-state index contributed by atoms with van der Waals surface area (Å²) < 4.78 is 0. The van der Waals surface area contributed by atoms with Crippen molar-refractivity contribution in [3.63, 3.8) is 0 Å². The van der Waals surface area contributed by atoms with Gasteiger partial charge in [0.1, 0.15) is 0 Å². The van der Waals surface area contributed by atoms with Gasteiger partial charge in [0.15, 0.2) is 0 Å². The minimum absolute atomic E-state index is 0.0291. The second-order valence-corrected chi connectivity index (χ2v) is 31.4. The lowest BCUT2D eigenvalue weighted by Gasteiger charge is -2.33. The molecule has 0 fully saturated rings. The van der Waals surface area contributed by atoms with E-state index in [0.717, 1.165) is 28.4 Å². The van der Waals surface area contributed by atoms with Crippen LogP contribution in [0.15, 0.2) is 194 Å². The van der Waals surface area contributed by atoms with Gasteiger partial charge in [-0.2, -0.15) is 0 Å². The molecule has 0 aliphatic heterocycles. The molecule has 0 radical (unpaired) electrons. The molecule has 0 aromatic heterocycles. The van der Waals surface area contributed by atoms with E-state index in [1.165, 1.54) is 105 Å². The van der Waals surface area contributed by atoms with Gasteiger partial charge in [-0.15, -0.1) is 0 Å². The van der Waals surface area contributed by atoms with Gasteiger partial charge in [-0.1, -0.05) is 221 Å². The normalized spacial score (nSPS) is 13.6. The Labute approximate surface area is 466 Å². The second-order valence-electron chi connectivity index (χ2n) is 26.4. The molecule has 0 saturated heterocycles. The van der Waals surface area contributed by atoms with Crippen LogP contribution in [-0.2, 0) is 16.2 Å². The molecule has 2 aliphatic rings. The van der Waals surface area contributed by atoms with E-state index in [1.807, 2.05) is 0 Å². The zero-order valence-electron chi connectivity index (χ0n) is 48.5. The van der Waals surface area contributed by atoms with Crippen LogP contribution in [0.2, 0.25) is 19.6 Å². The molecule has 2 aliphatic carbocycles. The van der Waals surface area contributed by atoms with Crippen LogP contribution in [0.3, 0.4) is 0 Å². The van der Waals surface area contributed by atoms with Crippen LogP contribution < -0.4 is 15.0 Å². The number of hydrogen-bond donors (Lipinski definition) is 0. The Balaban J connectivity index is 1.12. The average molecular weight is 1030 g/mol. The third-order valence-electron chi connectivity index (χ3n) is 17.4. The topological polar surface area (TPSA) is 6.48 Å². The van der Waals surface area contributed by atoms with Gasteiger partial charge in [-0.25, -0.2) is 0 Å². The van der Waals surface area contributed by atoms with E-state index in [1.54, 1.807) is 0 Å². The minimum Gasteiger partial charge on any atom is -0.310 e. The monoisotopic (exact) mass is 1030 g/mol. The first-order chi connectivity index (χ1) is 37.1. The molecule has 10 aromatic rings. The Morgan fingerprint density at radius 1 is 0.372 bits per heavy atom. The van der Waals surface area contributed by atoms with Crippen molar-refractivity contribution in [2.75, 3.05) is 9.80 Å². The zero-order chi connectivity index (χ0) is 54.8. The predicted molar refractivity (Wildman–Crippen MR) is 340 cm³/mol. The molecule has 3 heteroatoms. The second kappa shape index (κ2) is 18.6. The summed E-state index contributed by atoms with van der Waals surface area (Å²) in [4.78, 5) is 4.89. The maximum Gasteiger partial charge on any atom is 0.0775 e. The minimum atomic E-state index is -1.52. The van der Waals surface area contributed by atoms with Crippen molar-refractivity contribution in [3.8, 4) is 22.3 Å². The van der Waals surface area contributed by atoms with Crippen LogP contribution in [0, 0.1) is 6.92 Å². The summed E-state index contributed by atoms with van der Waals surface area (Å²) in [6.07, 6.45) is 0. The Morgan fingerprint density at radius 2 is 0.731 bits per heavy atom. The van der Waals surface area contributed by atoms with Crippen LogP contribution in [0.4, 0.5) is 34.1 Å². The molecular formula is C75H76N2Si. The predicted octanol–water partition coefficient (Wildman–Crippen LogP) is 21.0. The van der Waals surface area contributed by atoms with Crippen molar-refractivity contribution in [1.82, 2.24) is 0 Å². The van der Waals surface area contributed by atoms with Gasteiger partial charge in [0.25, 0.3) is 0 Å². The molecule has 2 nitrogen and oxygen atoms in total. The summed E-state index contributed by atoms with van der Waals surface area (Å²) in [5.41, 5.74) is 23.7. The number of anilines is 6. The lowest BCUT2D eigenvalue weighted by Crippen LogP contribution is -2.37. The molecule has 390 valence electrons. The smallest absolute Gasteiger partial charge is 0.0775 e. The van der Waals surface area contributed by atoms with Gasteiger partial charge in [0.05, 0.1) is 13.5 Å². The summed E-state index contributed by atoms with van der Waals surface area (Å²) >= 11 is 0. The summed E-state index contributed by atoms with van der Waals surface area (Å²) in [5.74, 6) is 0.907. The molecule has 0 heterocycles. The van der Waals surface area contributed by atoms with Crippen LogP contribution in [0.25, 0.3) is 43.8 Å². The maximum atomic E-state index is 2.54. The van der Waals surface area contributed by atoms with Gasteiger partial charge in [-0.05, 0) is 191 Å². The summed E-state index contributed by atoms with van der Waals surface area (Å²) in [6, 6.07) is 76.0. The lowest BCUT2D eigenvalue weighted by molar-refractivity contribution is 0.589. The fourth-order valence-corrected chi connectivity index (χ4v) is 14.0. The number of fused-ring (bicyclic) bond motifs is 14. The Kier molecular flexibility index (Phi) is 12.2. The van der Waals surface area contributed by atoms with E-state index in [9.17, 15) is 0 Å². The SMILES string of the molecule is Cc1ccc(N(c2ccc(C(C)C)cc2)c2ccc3c4c(ccc3c2)-c2ccc3cc(N(c5ccc(C(C)C)cc5)c5ccc([Si](C)(C)C)cc5)ccc3c2C42c3ccc(C(C)(C)C)cc3-c3cc(C(C)(C)C)ccc32)cc1. The molecule has 0 bridgehead atoms. The van der Waals surface area contributed by atoms with Crippen LogP contribution in [-0.4, -0.2) is 8.07 Å². The lowest BCUT2D eigenvalue weighted by atomic mass is 9.68. The van der Waals surface area contributed by atoms with Gasteiger partial charge in [-0.3, -0.25) is 0 Å². The molecule has 10 aromatic carbocycles. The highest BCUT2D eigenvalue weighted by atomic mass is 28.3. The molecule has 0 atom stereocenters. The maximum absolute atomic E-state index is 2.54. The quantitative estimate of drug-likeness (QED) is 0.133. The Bertz CT molecular complexity index is 3890. The van der Waals surface area contributed by atoms with Crippen LogP contribution in [0.5, 0.6) is 0 Å². The third-order valence-corrected chi connectivity index (χ3v) is 19.4. The van der Waals surface area contributed by atoms with Crippen molar-refractivity contribution >= 4 is 68.9 Å². The number of rotatable bonds is 9. The standard InChI is InChI=1S/C75H76N2Si/c1-47(2)50-17-27-57(28-18-50)76(56-25-15-49(5)16-26-56)60-33-39-63-52(43-60)21-37-65-66-38-22-53-44-61(77(58-29-19-51(20-30-58)48(3)4)59-31-35-62(36-32-59)78(12,13)14)34-40-64(53)72(66)75(71(63)65)69-41-23-54(73(6,7)8)45-67(69)68-46-55(74(9,10)11)24-42-70(68)75/h15-48H,1-14H3. The van der Waals surface area contributed by atoms with Gasteiger partial charge in [0.2, 0.25) is 0 Å². The summed E-state index contributed by atoms with van der Waals surface area (Å²) in [7, 11) is -1.52. The van der Waals surface area contributed by atoms with Gasteiger partial charge >= 0.3 is 0 Å². The van der Waals surface area contributed by atoms with E-state index in [4.69, 9.17) is 0 Å². The molecule has 78 heavy (non-hydrogen) atoms. The summed E-state index contributed by atoms with van der Waals surface area (Å²) in [5, 5.41) is 6.50. The molecule has 0 unspecified atom stereocenters. The number of benzene rings is 10. The van der Waals surface area contributed by atoms with Crippen molar-refractivity contribution < 1.29 is 0 Å². The highest BCUT2D eigenvalue weighted by molar-refractivity contribution is 6.88. The zero-order valence-corrected chi connectivity index (χ0v) is 49.5. The fraction of sp³-hybridized carbons (Fsp3) is 0.253. The molecule has 0 saturated carbocycles. The number of hydrogen-bond acceptors (Lipinski definition) is 2. The molecule has 0 N–H and O–H groups in total. The first-order valence-corrected chi connectivity index (χ1v) is 32.0. The number of aryl methyl sites for hydroxylation is 1. The Morgan fingerprint density at radius 3 is 1.09 bits per heavy atom. The highest BCUT2D eigenvalue weighted by Crippen LogP contribution is 2.66. The third kappa shape index (κ3) is 8.43. The van der Waals surface area contributed by atoms with E-state index in [-0.39, 0.29) is 10.8 Å². The first-order valence-electron chi connectivity index (χ1n) is 28.5. The van der Waals surface area contributed by atoms with Crippen molar-refractivity contribution in [3.05, 3.63) is 244 Å². The van der Waals surface area contributed by atoms with Gasteiger partial charge in [0, 0.05) is 34.1 Å². The molecule has 1 spiro atoms. The van der Waals surface area contributed by atoms with Crippen LogP contribution >= 0.6 is 0 Å². The van der Waals surface area contributed by atoms with E-state index in [0.29, 0.717) is 11.8 Å². The van der Waals surface area contributed by atoms with Crippen LogP contribution in [0.1, 0.15) is 131 Å². The van der Waals surface area contributed by atoms with E-state index in [2.05, 4.69) is 300 Å². The molecule has 12 rings (SSSR count). The van der Waals surface area contributed by atoms with Crippen molar-refractivity contribution in [2.45, 2.75) is 124 Å². The summed E-state index contributed by atoms with van der Waals surface area (Å²) in [6.45, 7) is 32.6. The van der Waals surface area contributed by atoms with Crippen molar-refractivity contribution in [1.29, 1.82) is 0 Å². The molecular weight excluding hydrogens is 957 g/mol. The molecule has 0 amide bonds. The van der Waals surface area contributed by atoms with Crippen molar-refractivity contribution in [2.24, 2.45) is 0 Å². The Hall–Kier alpha value is -7.46. The van der Waals surface area contributed by atoms with E-state index < -0.39 is 13.5 Å². The number of nitrogens with zero attached hydrogens (tertiary/aromatic N) is 2. The first kappa shape index (κ1) is 51.3. The van der Waals surface area contributed by atoms with Gasteiger partial charge < -0.3 is 9.80 Å². The fourth-order valence-electron chi connectivity index (χ4n) is 12.8. The van der Waals surface area contributed by atoms with E-state index >= 15 is 0 Å². The highest BCUT2D eigenvalue weighted by Gasteiger charge is 2.54. The largest absolute Gasteiger partial charge is 0.310 e. The average Bonchev–Trinajstić information content (AvgIpc) is 2.74.